The Morgan fingerprint density at radius 3 is 2.67 bits per heavy atom. The molecule has 0 saturated carbocycles. The number of thiophene rings is 1. The van der Waals surface area contributed by atoms with E-state index in [1.807, 2.05) is 11.4 Å². The second kappa shape index (κ2) is 1.30. The van der Waals surface area contributed by atoms with Crippen molar-refractivity contribution in [2.75, 3.05) is 0 Å². The lowest BCUT2D eigenvalue weighted by Gasteiger charge is -1.65. The molecule has 31 valence electrons. The van der Waals surface area contributed by atoms with Gasteiger partial charge >= 0.3 is 0 Å². The molecule has 1 aromatic rings. The number of rotatable bonds is 0. The SMILES string of the molecule is [NH]c1cccs1. The van der Waals surface area contributed by atoms with Crippen LogP contribution in [0, 0.1) is 0 Å². The average Bonchev–Trinajstić information content (AvgIpc) is 1.86. The Labute approximate surface area is 40.4 Å². The lowest BCUT2D eigenvalue weighted by atomic mass is 10.6. The van der Waals surface area contributed by atoms with Gasteiger partial charge in [0.15, 0.2) is 0 Å². The third-order valence-corrected chi connectivity index (χ3v) is 1.20. The Hall–Kier alpha value is -0.500. The van der Waals surface area contributed by atoms with E-state index in [4.69, 9.17) is 5.73 Å². The smallest absolute Gasteiger partial charge is 0.107 e. The van der Waals surface area contributed by atoms with E-state index in [-0.39, 0.29) is 0 Å². The maximum absolute atomic E-state index is 6.89. The van der Waals surface area contributed by atoms with Gasteiger partial charge in [0, 0.05) is 0 Å². The lowest BCUT2D eigenvalue weighted by molar-refractivity contribution is 1.59. The maximum atomic E-state index is 6.89. The van der Waals surface area contributed by atoms with Gasteiger partial charge in [0.1, 0.15) is 5.00 Å². The van der Waals surface area contributed by atoms with Gasteiger partial charge in [0.2, 0.25) is 0 Å². The summed E-state index contributed by atoms with van der Waals surface area (Å²) in [6, 6.07) is 3.64. The van der Waals surface area contributed by atoms with E-state index >= 15 is 0 Å². The molecule has 1 radical (unpaired) electrons. The van der Waals surface area contributed by atoms with Crippen LogP contribution in [0.5, 0.6) is 0 Å². The van der Waals surface area contributed by atoms with Gasteiger partial charge in [-0.25, -0.2) is 0 Å². The molecule has 0 unspecified atom stereocenters. The third kappa shape index (κ3) is 0.518. The van der Waals surface area contributed by atoms with Crippen LogP contribution in [0.1, 0.15) is 0 Å². The molecular weight excluding hydrogens is 94.1 g/mol. The Bertz CT molecular complexity index is 111. The van der Waals surface area contributed by atoms with Gasteiger partial charge in [0.25, 0.3) is 0 Å². The average molecular weight is 98.2 g/mol. The Balaban J connectivity index is 3.05. The number of hydrogen-bond acceptors (Lipinski definition) is 1. The topological polar surface area (TPSA) is 23.8 Å². The first-order valence-electron chi connectivity index (χ1n) is 1.65. The van der Waals surface area contributed by atoms with Crippen molar-refractivity contribution >= 4 is 16.3 Å². The first kappa shape index (κ1) is 3.68. The van der Waals surface area contributed by atoms with Crippen LogP contribution < -0.4 is 5.73 Å². The molecule has 0 aliphatic heterocycles. The van der Waals surface area contributed by atoms with E-state index in [2.05, 4.69) is 0 Å². The second-order valence-electron chi connectivity index (χ2n) is 0.977. The normalized spacial score (nSPS) is 8.67. The summed E-state index contributed by atoms with van der Waals surface area (Å²) in [5, 5.41) is 2.53. The second-order valence-corrected chi connectivity index (χ2v) is 1.92. The Kier molecular flexibility index (Phi) is 0.801. The standard InChI is InChI=1S/C4H4NS/c5-4-2-1-3-6-4/h1-3,5H. The molecule has 0 aliphatic rings. The molecule has 2 heteroatoms. The molecule has 1 rings (SSSR count). The highest BCUT2D eigenvalue weighted by molar-refractivity contribution is 7.13. The minimum absolute atomic E-state index is 0.634. The van der Waals surface area contributed by atoms with Gasteiger partial charge in [-0.2, -0.15) is 0 Å². The van der Waals surface area contributed by atoms with E-state index in [0.717, 1.165) is 0 Å². The first-order chi connectivity index (χ1) is 2.89. The van der Waals surface area contributed by atoms with Crippen LogP contribution in [0.4, 0.5) is 5.00 Å². The van der Waals surface area contributed by atoms with Crippen LogP contribution >= 0.6 is 11.3 Å². The van der Waals surface area contributed by atoms with Crippen molar-refractivity contribution in [3.05, 3.63) is 17.5 Å². The molecule has 0 fully saturated rings. The van der Waals surface area contributed by atoms with Gasteiger partial charge in [-0.3, -0.25) is 5.73 Å². The molecule has 0 atom stereocenters. The molecule has 0 bridgehead atoms. The molecule has 0 aromatic carbocycles. The van der Waals surface area contributed by atoms with Crippen LogP contribution in [-0.2, 0) is 0 Å². The fraction of sp³-hybridized carbons (Fsp3) is 0. The predicted molar refractivity (Wildman–Crippen MR) is 27.1 cm³/mol. The summed E-state index contributed by atoms with van der Waals surface area (Å²) in [4.78, 5) is 0. The van der Waals surface area contributed by atoms with Gasteiger partial charge in [-0.05, 0) is 17.5 Å². The zero-order valence-corrected chi connectivity index (χ0v) is 3.96. The van der Waals surface area contributed by atoms with Crippen molar-refractivity contribution in [3.63, 3.8) is 0 Å². The molecule has 0 saturated heterocycles. The lowest BCUT2D eigenvalue weighted by Crippen LogP contribution is -1.45. The summed E-state index contributed by atoms with van der Waals surface area (Å²) in [5.41, 5.74) is 6.89. The number of nitrogens with one attached hydrogen (secondary N) is 1. The summed E-state index contributed by atoms with van der Waals surface area (Å²) >= 11 is 1.44. The van der Waals surface area contributed by atoms with Crippen LogP contribution in [0.2, 0.25) is 0 Å². The molecule has 1 nitrogen and oxygen atoms in total. The Morgan fingerprint density at radius 1 is 1.67 bits per heavy atom. The van der Waals surface area contributed by atoms with Gasteiger partial charge in [-0.1, -0.05) is 0 Å². The fourth-order valence-electron chi connectivity index (χ4n) is 0.279. The molecule has 0 amide bonds. The third-order valence-electron chi connectivity index (χ3n) is 0.521. The minimum atomic E-state index is 0.634. The van der Waals surface area contributed by atoms with Crippen LogP contribution in [0.3, 0.4) is 0 Å². The van der Waals surface area contributed by atoms with Gasteiger partial charge < -0.3 is 0 Å². The first-order valence-corrected chi connectivity index (χ1v) is 2.52. The van der Waals surface area contributed by atoms with Crippen LogP contribution in [-0.4, -0.2) is 0 Å². The maximum Gasteiger partial charge on any atom is 0.107 e. The van der Waals surface area contributed by atoms with E-state index in [0.29, 0.717) is 5.00 Å². The van der Waals surface area contributed by atoms with Crippen molar-refractivity contribution in [1.82, 2.24) is 5.73 Å². The van der Waals surface area contributed by atoms with E-state index in [1.165, 1.54) is 11.3 Å². The minimum Gasteiger partial charge on any atom is -0.290 e. The van der Waals surface area contributed by atoms with Gasteiger partial charge in [-0.15, -0.1) is 11.3 Å². The zero-order valence-electron chi connectivity index (χ0n) is 3.14. The number of hydrogen-bond donors (Lipinski definition) is 0. The van der Waals surface area contributed by atoms with E-state index in [9.17, 15) is 0 Å². The summed E-state index contributed by atoms with van der Waals surface area (Å²) in [6.45, 7) is 0. The molecule has 0 spiro atoms. The summed E-state index contributed by atoms with van der Waals surface area (Å²) in [6.07, 6.45) is 0. The molecule has 1 heterocycles. The summed E-state index contributed by atoms with van der Waals surface area (Å²) < 4.78 is 0. The molecule has 6 heavy (non-hydrogen) atoms. The van der Waals surface area contributed by atoms with Crippen molar-refractivity contribution in [1.29, 1.82) is 0 Å². The van der Waals surface area contributed by atoms with Gasteiger partial charge in [0.05, 0.1) is 0 Å². The van der Waals surface area contributed by atoms with Crippen molar-refractivity contribution in [2.45, 2.75) is 0 Å². The largest absolute Gasteiger partial charge is 0.290 e. The Morgan fingerprint density at radius 2 is 2.50 bits per heavy atom. The van der Waals surface area contributed by atoms with Crippen molar-refractivity contribution in [3.8, 4) is 0 Å². The molecular formula is C4H4NS. The highest BCUT2D eigenvalue weighted by Gasteiger charge is 1.76. The van der Waals surface area contributed by atoms with Crippen molar-refractivity contribution in [2.24, 2.45) is 0 Å². The molecule has 1 N–H and O–H groups in total. The van der Waals surface area contributed by atoms with Crippen LogP contribution in [0.25, 0.3) is 0 Å². The zero-order chi connectivity index (χ0) is 4.41. The summed E-state index contributed by atoms with van der Waals surface area (Å²) in [7, 11) is 0. The fourth-order valence-corrected chi connectivity index (χ4v) is 0.739. The van der Waals surface area contributed by atoms with Crippen molar-refractivity contribution < 1.29 is 0 Å². The van der Waals surface area contributed by atoms with Crippen LogP contribution in [0.15, 0.2) is 17.5 Å². The van der Waals surface area contributed by atoms with E-state index < -0.39 is 0 Å². The predicted octanol–water partition coefficient (Wildman–Crippen LogP) is 1.66. The highest BCUT2D eigenvalue weighted by Crippen LogP contribution is 2.10. The monoisotopic (exact) mass is 98.0 g/mol. The highest BCUT2D eigenvalue weighted by atomic mass is 32.1. The molecule has 0 aliphatic carbocycles. The summed E-state index contributed by atoms with van der Waals surface area (Å²) in [5.74, 6) is 0. The molecule has 1 aromatic heterocycles. The quantitative estimate of drug-likeness (QED) is 0.471. The van der Waals surface area contributed by atoms with E-state index in [1.54, 1.807) is 6.07 Å².